The van der Waals surface area contributed by atoms with Gasteiger partial charge in [-0.15, -0.1) is 0 Å². The molecule has 0 fully saturated rings. The number of carbonyl (C=O) groups excluding carboxylic acids is 1. The van der Waals surface area contributed by atoms with E-state index in [0.717, 1.165) is 33.2 Å². The second kappa shape index (κ2) is 8.60. The molecule has 0 unspecified atom stereocenters. The third kappa shape index (κ3) is 4.40. The Bertz CT molecular complexity index is 860. The Morgan fingerprint density at radius 2 is 2.08 bits per heavy atom. The molecule has 0 saturated heterocycles. The van der Waals surface area contributed by atoms with Gasteiger partial charge in [-0.2, -0.15) is 0 Å². The first-order valence-corrected chi connectivity index (χ1v) is 10.1. The van der Waals surface area contributed by atoms with Gasteiger partial charge in [-0.3, -0.25) is 4.79 Å². The molecule has 7 heteroatoms. The third-order valence-electron chi connectivity index (χ3n) is 4.00. The van der Waals surface area contributed by atoms with Crippen LogP contribution in [0.5, 0.6) is 0 Å². The highest BCUT2D eigenvalue weighted by molar-refractivity contribution is 9.10. The molecule has 3 aromatic rings. The van der Waals surface area contributed by atoms with Gasteiger partial charge in [0.15, 0.2) is 5.16 Å². The van der Waals surface area contributed by atoms with Crippen LogP contribution >= 0.6 is 27.7 Å². The number of imidazole rings is 1. The molecule has 3 rings (SSSR count). The fraction of sp³-hybridized carbons (Fsp3) is 0.263. The van der Waals surface area contributed by atoms with Crippen LogP contribution < -0.4 is 0 Å². The molecule has 0 radical (unpaired) electrons. The van der Waals surface area contributed by atoms with E-state index in [1.54, 1.807) is 18.2 Å². The molecule has 0 N–H and O–H groups in total. The molecule has 2 heterocycles. The number of carbonyl (C=O) groups is 1. The number of aromatic nitrogens is 2. The van der Waals surface area contributed by atoms with E-state index in [0.29, 0.717) is 12.3 Å². The van der Waals surface area contributed by atoms with E-state index in [4.69, 9.17) is 4.42 Å². The van der Waals surface area contributed by atoms with Gasteiger partial charge in [-0.05, 0) is 36.8 Å². The molecule has 5 nitrogen and oxygen atoms in total. The monoisotopic (exact) mass is 433 g/mol. The van der Waals surface area contributed by atoms with Gasteiger partial charge in [0.25, 0.3) is 0 Å². The van der Waals surface area contributed by atoms with E-state index in [1.807, 2.05) is 30.5 Å². The first kappa shape index (κ1) is 18.8. The normalized spacial score (nSPS) is 10.9. The van der Waals surface area contributed by atoms with Gasteiger partial charge in [0, 0.05) is 18.1 Å². The van der Waals surface area contributed by atoms with Crippen molar-refractivity contribution < 1.29 is 9.21 Å². The van der Waals surface area contributed by atoms with Crippen LogP contribution in [-0.4, -0.2) is 33.2 Å². The van der Waals surface area contributed by atoms with E-state index >= 15 is 0 Å². The number of benzene rings is 1. The number of hydrogen-bond acceptors (Lipinski definition) is 4. The lowest BCUT2D eigenvalue weighted by Crippen LogP contribution is -2.27. The van der Waals surface area contributed by atoms with Crippen molar-refractivity contribution in [3.63, 3.8) is 0 Å². The summed E-state index contributed by atoms with van der Waals surface area (Å²) in [6.45, 7) is 3.35. The first-order valence-electron chi connectivity index (χ1n) is 8.29. The lowest BCUT2D eigenvalue weighted by molar-refractivity contribution is -0.127. The third-order valence-corrected chi connectivity index (χ3v) is 5.50. The summed E-state index contributed by atoms with van der Waals surface area (Å²) in [6.07, 6.45) is 3.48. The van der Waals surface area contributed by atoms with Gasteiger partial charge in [0.2, 0.25) is 5.91 Å². The Morgan fingerprint density at radius 3 is 2.73 bits per heavy atom. The van der Waals surface area contributed by atoms with Crippen molar-refractivity contribution in [2.24, 2.45) is 0 Å². The molecule has 0 atom stereocenters. The predicted octanol–water partition coefficient (Wildman–Crippen LogP) is 4.68. The summed E-state index contributed by atoms with van der Waals surface area (Å²) < 4.78 is 8.47. The summed E-state index contributed by atoms with van der Waals surface area (Å²) in [5.41, 5.74) is 2.16. The van der Waals surface area contributed by atoms with Crippen molar-refractivity contribution >= 4 is 33.6 Å². The average molecular weight is 434 g/mol. The Morgan fingerprint density at radius 1 is 1.31 bits per heavy atom. The van der Waals surface area contributed by atoms with Crippen LogP contribution in [0.15, 0.2) is 62.9 Å². The zero-order valence-corrected chi connectivity index (χ0v) is 17.1. The second-order valence-electron chi connectivity index (χ2n) is 5.80. The van der Waals surface area contributed by atoms with Crippen LogP contribution in [0.1, 0.15) is 12.7 Å². The Kier molecular flexibility index (Phi) is 6.21. The zero-order valence-electron chi connectivity index (χ0n) is 14.7. The molecule has 2 aromatic heterocycles. The number of nitrogens with zero attached hydrogens (tertiary/aromatic N) is 3. The minimum atomic E-state index is 0.0437. The second-order valence-corrected chi connectivity index (χ2v) is 7.65. The maximum absolute atomic E-state index is 12.4. The van der Waals surface area contributed by atoms with Gasteiger partial charge in [-0.1, -0.05) is 39.8 Å². The van der Waals surface area contributed by atoms with Crippen LogP contribution in [0.3, 0.4) is 0 Å². The highest BCUT2D eigenvalue weighted by Gasteiger charge is 2.15. The van der Waals surface area contributed by atoms with Gasteiger partial charge in [-0.25, -0.2) is 4.98 Å². The first-order chi connectivity index (χ1) is 12.6. The largest absolute Gasteiger partial charge is 0.467 e. The smallest absolute Gasteiger partial charge is 0.233 e. The molecule has 0 aliphatic heterocycles. The molecular formula is C19H20BrN3O2S. The van der Waals surface area contributed by atoms with Gasteiger partial charge >= 0.3 is 0 Å². The summed E-state index contributed by atoms with van der Waals surface area (Å²) in [5.74, 6) is 1.16. The Hall–Kier alpha value is -1.99. The van der Waals surface area contributed by atoms with Crippen molar-refractivity contribution in [1.29, 1.82) is 0 Å². The highest BCUT2D eigenvalue weighted by atomic mass is 79.9. The van der Waals surface area contributed by atoms with Crippen molar-refractivity contribution in [3.05, 3.63) is 59.1 Å². The molecule has 1 aromatic carbocycles. The van der Waals surface area contributed by atoms with Crippen LogP contribution in [-0.2, 0) is 17.9 Å². The minimum absolute atomic E-state index is 0.0437. The summed E-state index contributed by atoms with van der Waals surface area (Å²) in [6, 6.07) is 11.8. The summed E-state index contributed by atoms with van der Waals surface area (Å²) in [7, 11) is 1.78. The molecular weight excluding hydrogens is 414 g/mol. The van der Waals surface area contributed by atoms with Crippen LogP contribution in [0.2, 0.25) is 0 Å². The molecule has 0 aliphatic rings. The van der Waals surface area contributed by atoms with Gasteiger partial charge in [0.05, 0.1) is 30.5 Å². The highest BCUT2D eigenvalue weighted by Crippen LogP contribution is 2.27. The van der Waals surface area contributed by atoms with Crippen molar-refractivity contribution in [1.82, 2.24) is 14.5 Å². The molecule has 136 valence electrons. The van der Waals surface area contributed by atoms with E-state index in [-0.39, 0.29) is 5.91 Å². The van der Waals surface area contributed by atoms with Crippen LogP contribution in [0.4, 0.5) is 0 Å². The SMILES string of the molecule is CCn1c(-c2ccc(Br)cc2)cnc1SCC(=O)N(C)Cc1ccco1. The number of hydrogen-bond donors (Lipinski definition) is 0. The van der Waals surface area contributed by atoms with Crippen molar-refractivity contribution in [3.8, 4) is 11.3 Å². The van der Waals surface area contributed by atoms with Crippen LogP contribution in [0.25, 0.3) is 11.3 Å². The number of halogens is 1. The molecule has 0 spiro atoms. The van der Waals surface area contributed by atoms with Crippen LogP contribution in [0, 0.1) is 0 Å². The lowest BCUT2D eigenvalue weighted by Gasteiger charge is -2.15. The number of furan rings is 1. The number of rotatable bonds is 7. The Labute approximate surface area is 165 Å². The topological polar surface area (TPSA) is 51.3 Å². The Balaban J connectivity index is 1.66. The summed E-state index contributed by atoms with van der Waals surface area (Å²) in [5, 5.41) is 0.852. The summed E-state index contributed by atoms with van der Waals surface area (Å²) in [4.78, 5) is 18.6. The molecule has 1 amide bonds. The van der Waals surface area contributed by atoms with E-state index in [2.05, 4.69) is 44.5 Å². The zero-order chi connectivity index (χ0) is 18.5. The maximum Gasteiger partial charge on any atom is 0.233 e. The molecule has 0 saturated carbocycles. The quantitative estimate of drug-likeness (QED) is 0.507. The van der Waals surface area contributed by atoms with Gasteiger partial charge in [0.1, 0.15) is 5.76 Å². The number of thioether (sulfide) groups is 1. The van der Waals surface area contributed by atoms with E-state index < -0.39 is 0 Å². The molecule has 0 aliphatic carbocycles. The van der Waals surface area contributed by atoms with Gasteiger partial charge < -0.3 is 13.9 Å². The fourth-order valence-corrected chi connectivity index (χ4v) is 3.84. The minimum Gasteiger partial charge on any atom is -0.467 e. The van der Waals surface area contributed by atoms with E-state index in [9.17, 15) is 4.79 Å². The number of amides is 1. The van der Waals surface area contributed by atoms with Crippen molar-refractivity contribution in [2.75, 3.05) is 12.8 Å². The predicted molar refractivity (Wildman–Crippen MR) is 107 cm³/mol. The summed E-state index contributed by atoms with van der Waals surface area (Å²) >= 11 is 4.92. The van der Waals surface area contributed by atoms with E-state index in [1.165, 1.54) is 11.8 Å². The maximum atomic E-state index is 12.4. The average Bonchev–Trinajstić information content (AvgIpc) is 3.29. The fourth-order valence-electron chi connectivity index (χ4n) is 2.59. The standard InChI is InChI=1S/C19H20BrN3O2S/c1-3-23-17(14-6-8-15(20)9-7-14)11-21-19(23)26-13-18(24)22(2)12-16-5-4-10-25-16/h4-11H,3,12-13H2,1-2H3. The van der Waals surface area contributed by atoms with Crippen molar-refractivity contribution in [2.45, 2.75) is 25.2 Å². The lowest BCUT2D eigenvalue weighted by atomic mass is 10.2. The molecule has 26 heavy (non-hydrogen) atoms. The molecule has 0 bridgehead atoms.